The van der Waals surface area contributed by atoms with Crippen molar-refractivity contribution < 1.29 is 9.59 Å². The van der Waals surface area contributed by atoms with Gasteiger partial charge >= 0.3 is 0 Å². The summed E-state index contributed by atoms with van der Waals surface area (Å²) in [6, 6.07) is 0. The minimum absolute atomic E-state index is 0.104. The van der Waals surface area contributed by atoms with Crippen molar-refractivity contribution in [3.05, 3.63) is 0 Å². The molecular weight excluding hydrogens is 246 g/mol. The highest BCUT2D eigenvalue weighted by Crippen LogP contribution is 2.10. The predicted octanol–water partition coefficient (Wildman–Crippen LogP) is 3.73. The van der Waals surface area contributed by atoms with Crippen LogP contribution in [0, 0.1) is 5.92 Å². The normalized spacial score (nSPS) is 10.7. The molecule has 0 aliphatic carbocycles. The van der Waals surface area contributed by atoms with Crippen LogP contribution in [0.1, 0.15) is 65.7 Å². The molecule has 106 valence electrons. The zero-order chi connectivity index (χ0) is 13.8. The SMILES string of the molecule is CCC(=O)NSCCCCCCCC(=O)C(C)C. The molecule has 18 heavy (non-hydrogen) atoms. The van der Waals surface area contributed by atoms with Gasteiger partial charge in [0.15, 0.2) is 0 Å². The molecule has 0 heterocycles. The van der Waals surface area contributed by atoms with Crippen molar-refractivity contribution in [3.8, 4) is 0 Å². The van der Waals surface area contributed by atoms with Crippen LogP contribution in [0.5, 0.6) is 0 Å². The van der Waals surface area contributed by atoms with Gasteiger partial charge in [0.05, 0.1) is 0 Å². The van der Waals surface area contributed by atoms with Gasteiger partial charge in [-0.1, -0.05) is 52.0 Å². The maximum Gasteiger partial charge on any atom is 0.229 e. The fourth-order valence-electron chi connectivity index (χ4n) is 1.50. The molecule has 0 aromatic carbocycles. The third-order valence-corrected chi connectivity index (χ3v) is 3.69. The molecule has 0 bridgehead atoms. The van der Waals surface area contributed by atoms with Crippen LogP contribution in [-0.2, 0) is 9.59 Å². The molecule has 0 unspecified atom stereocenters. The highest BCUT2D eigenvalue weighted by atomic mass is 32.2. The van der Waals surface area contributed by atoms with Gasteiger partial charge in [0.25, 0.3) is 0 Å². The lowest BCUT2D eigenvalue weighted by Crippen LogP contribution is -2.14. The van der Waals surface area contributed by atoms with Gasteiger partial charge in [-0.05, 0) is 12.8 Å². The number of hydrogen-bond acceptors (Lipinski definition) is 3. The first-order valence-electron chi connectivity index (χ1n) is 7.01. The number of nitrogens with one attached hydrogen (secondary N) is 1. The van der Waals surface area contributed by atoms with Crippen LogP contribution in [-0.4, -0.2) is 17.4 Å². The van der Waals surface area contributed by atoms with Crippen molar-refractivity contribution in [2.45, 2.75) is 65.7 Å². The first kappa shape index (κ1) is 17.5. The molecule has 3 nitrogen and oxygen atoms in total. The van der Waals surface area contributed by atoms with Crippen LogP contribution in [0.4, 0.5) is 0 Å². The number of rotatable bonds is 11. The molecular formula is C14H27NO2S. The van der Waals surface area contributed by atoms with Gasteiger partial charge in [0.1, 0.15) is 5.78 Å². The summed E-state index contributed by atoms with van der Waals surface area (Å²) in [6.07, 6.45) is 6.96. The topological polar surface area (TPSA) is 46.2 Å². The Hall–Kier alpha value is -0.510. The highest BCUT2D eigenvalue weighted by Gasteiger charge is 2.05. The summed E-state index contributed by atoms with van der Waals surface area (Å²) < 4.78 is 2.79. The van der Waals surface area contributed by atoms with Crippen LogP contribution >= 0.6 is 11.9 Å². The van der Waals surface area contributed by atoms with E-state index in [2.05, 4.69) is 4.72 Å². The summed E-state index contributed by atoms with van der Waals surface area (Å²) in [5, 5.41) is 0. The molecule has 0 aromatic heterocycles. The van der Waals surface area contributed by atoms with Crippen LogP contribution in [0.2, 0.25) is 0 Å². The van der Waals surface area contributed by atoms with E-state index in [1.807, 2.05) is 20.8 Å². The van der Waals surface area contributed by atoms with E-state index >= 15 is 0 Å². The smallest absolute Gasteiger partial charge is 0.229 e. The van der Waals surface area contributed by atoms with Crippen molar-refractivity contribution in [2.75, 3.05) is 5.75 Å². The van der Waals surface area contributed by atoms with Gasteiger partial charge in [-0.25, -0.2) is 0 Å². The molecule has 0 aliphatic heterocycles. The van der Waals surface area contributed by atoms with Crippen LogP contribution in [0.25, 0.3) is 0 Å². The van der Waals surface area contributed by atoms with Crippen LogP contribution in [0.3, 0.4) is 0 Å². The molecule has 0 atom stereocenters. The first-order chi connectivity index (χ1) is 8.57. The Bertz CT molecular complexity index is 242. The molecule has 0 radical (unpaired) electrons. The summed E-state index contributed by atoms with van der Waals surface area (Å²) in [5.41, 5.74) is 0. The number of carbonyl (C=O) groups excluding carboxylic acids is 2. The third kappa shape index (κ3) is 10.6. The van der Waals surface area contributed by atoms with Gasteiger partial charge in [0.2, 0.25) is 5.91 Å². The minimum atomic E-state index is 0.104. The van der Waals surface area contributed by atoms with Gasteiger partial charge < -0.3 is 4.72 Å². The van der Waals surface area contributed by atoms with Crippen molar-refractivity contribution in [3.63, 3.8) is 0 Å². The fourth-order valence-corrected chi connectivity index (χ4v) is 2.25. The Morgan fingerprint density at radius 1 is 1.06 bits per heavy atom. The number of carbonyl (C=O) groups is 2. The molecule has 0 saturated heterocycles. The molecule has 0 spiro atoms. The third-order valence-electron chi connectivity index (χ3n) is 2.82. The minimum Gasteiger partial charge on any atom is -0.300 e. The van der Waals surface area contributed by atoms with Crippen molar-refractivity contribution in [1.29, 1.82) is 0 Å². The summed E-state index contributed by atoms with van der Waals surface area (Å²) in [6.45, 7) is 5.78. The molecule has 1 amide bonds. The standard InChI is InChI=1S/C14H27NO2S/c1-4-14(17)15-18-11-9-7-5-6-8-10-13(16)12(2)3/h12H,4-11H2,1-3H3,(H,15,17). The Morgan fingerprint density at radius 3 is 2.28 bits per heavy atom. The second-order valence-corrected chi connectivity index (χ2v) is 5.77. The Labute approximate surface area is 116 Å². The van der Waals surface area contributed by atoms with Gasteiger partial charge in [-0.15, -0.1) is 0 Å². The lowest BCUT2D eigenvalue weighted by molar-refractivity contribution is -0.122. The molecule has 0 fully saturated rings. The maximum atomic E-state index is 11.4. The summed E-state index contributed by atoms with van der Waals surface area (Å²) in [4.78, 5) is 22.3. The molecule has 1 N–H and O–H groups in total. The van der Waals surface area contributed by atoms with Crippen molar-refractivity contribution in [2.24, 2.45) is 5.92 Å². The van der Waals surface area contributed by atoms with E-state index in [9.17, 15) is 9.59 Å². The molecule has 4 heteroatoms. The summed E-state index contributed by atoms with van der Waals surface area (Å²) in [5.74, 6) is 1.65. The first-order valence-corrected chi connectivity index (χ1v) is 7.99. The van der Waals surface area contributed by atoms with Gasteiger partial charge in [-0.3, -0.25) is 9.59 Å². The molecule has 0 aliphatic rings. The Morgan fingerprint density at radius 2 is 1.67 bits per heavy atom. The van der Waals surface area contributed by atoms with Crippen molar-refractivity contribution >= 4 is 23.6 Å². The lowest BCUT2D eigenvalue weighted by atomic mass is 10.0. The summed E-state index contributed by atoms with van der Waals surface area (Å²) >= 11 is 1.50. The molecule has 0 saturated carbocycles. The van der Waals surface area contributed by atoms with Crippen molar-refractivity contribution in [1.82, 2.24) is 4.72 Å². The number of Topliss-reactive ketones (excluding diaryl/α,β-unsaturated/α-hetero) is 1. The van der Waals surface area contributed by atoms with E-state index in [1.165, 1.54) is 24.8 Å². The van der Waals surface area contributed by atoms with E-state index in [0.29, 0.717) is 12.2 Å². The maximum absolute atomic E-state index is 11.4. The second-order valence-electron chi connectivity index (χ2n) is 4.87. The number of hydrogen-bond donors (Lipinski definition) is 1. The fraction of sp³-hybridized carbons (Fsp3) is 0.857. The van der Waals surface area contributed by atoms with E-state index in [0.717, 1.165) is 31.4 Å². The average molecular weight is 273 g/mol. The van der Waals surface area contributed by atoms with E-state index < -0.39 is 0 Å². The van der Waals surface area contributed by atoms with E-state index in [-0.39, 0.29) is 11.8 Å². The average Bonchev–Trinajstić information content (AvgIpc) is 2.35. The Balaban J connectivity index is 3.17. The van der Waals surface area contributed by atoms with Crippen LogP contribution in [0.15, 0.2) is 0 Å². The monoisotopic (exact) mass is 273 g/mol. The van der Waals surface area contributed by atoms with Crippen LogP contribution < -0.4 is 4.72 Å². The predicted molar refractivity (Wildman–Crippen MR) is 78.4 cm³/mol. The number of ketones is 1. The quantitative estimate of drug-likeness (QED) is 0.461. The highest BCUT2D eigenvalue weighted by molar-refractivity contribution is 7.97. The van der Waals surface area contributed by atoms with Gasteiger partial charge in [-0.2, -0.15) is 0 Å². The van der Waals surface area contributed by atoms with Gasteiger partial charge in [0, 0.05) is 24.5 Å². The van der Waals surface area contributed by atoms with E-state index in [4.69, 9.17) is 0 Å². The van der Waals surface area contributed by atoms with E-state index in [1.54, 1.807) is 0 Å². The lowest BCUT2D eigenvalue weighted by Gasteiger charge is -2.04. The second kappa shape index (κ2) is 11.6. The zero-order valence-corrected chi connectivity index (χ0v) is 12.8. The molecule has 0 rings (SSSR count). The number of unbranched alkanes of at least 4 members (excludes halogenated alkanes) is 4. The summed E-state index contributed by atoms with van der Waals surface area (Å²) in [7, 11) is 0. The zero-order valence-electron chi connectivity index (χ0n) is 12.0. The Kier molecular flexibility index (Phi) is 11.2. The number of amides is 1. The largest absolute Gasteiger partial charge is 0.300 e. The molecule has 0 aromatic rings.